The molecule has 2 aromatic rings. The number of ketones is 1. The fourth-order valence-corrected chi connectivity index (χ4v) is 4.11. The Kier molecular flexibility index (Phi) is 6.15. The molecule has 1 fully saturated rings. The van der Waals surface area contributed by atoms with Crippen LogP contribution in [0.4, 0.5) is 0 Å². The highest BCUT2D eigenvalue weighted by Crippen LogP contribution is 2.38. The standard InChI is InChI=1S/C26H34B2O5/c1-9-24(3,4)31-27(30-10-2)17-11-13-19-20-14-12-18(16-22(20)23(29)21(19)15-17)28-32-25(5,6)26(7,8)33-28/h11-16H,9-10H2,1-8H3. The number of carbonyl (C=O) groups is 1. The molecule has 0 N–H and O–H groups in total. The van der Waals surface area contributed by atoms with E-state index in [4.69, 9.17) is 18.6 Å². The summed E-state index contributed by atoms with van der Waals surface area (Å²) in [5.41, 5.74) is 3.74. The number of hydrogen-bond acceptors (Lipinski definition) is 5. The van der Waals surface area contributed by atoms with Crippen LogP contribution in [0.1, 0.15) is 77.7 Å². The summed E-state index contributed by atoms with van der Waals surface area (Å²) in [5.74, 6) is 0.00483. The van der Waals surface area contributed by atoms with Gasteiger partial charge in [0.15, 0.2) is 5.78 Å². The van der Waals surface area contributed by atoms with Gasteiger partial charge in [-0.1, -0.05) is 43.3 Å². The molecule has 5 nitrogen and oxygen atoms in total. The molecule has 174 valence electrons. The smallest absolute Gasteiger partial charge is 0.408 e. The van der Waals surface area contributed by atoms with E-state index >= 15 is 0 Å². The summed E-state index contributed by atoms with van der Waals surface area (Å²) in [7, 11) is -1.02. The van der Waals surface area contributed by atoms with Crippen molar-refractivity contribution in [1.29, 1.82) is 0 Å². The van der Waals surface area contributed by atoms with Gasteiger partial charge in [0.05, 0.1) is 11.2 Å². The normalized spacial score (nSPS) is 18.4. The van der Waals surface area contributed by atoms with Crippen LogP contribution in [0, 0.1) is 0 Å². The maximum absolute atomic E-state index is 13.4. The van der Waals surface area contributed by atoms with E-state index < -0.39 is 25.4 Å². The summed E-state index contributed by atoms with van der Waals surface area (Å²) in [4.78, 5) is 13.4. The van der Waals surface area contributed by atoms with E-state index in [9.17, 15) is 4.79 Å². The summed E-state index contributed by atoms with van der Waals surface area (Å²) in [6.45, 7) is 16.8. The van der Waals surface area contributed by atoms with E-state index in [1.807, 2.05) is 84.9 Å². The number of fused-ring (bicyclic) bond motifs is 3. The first-order valence-electron chi connectivity index (χ1n) is 11.9. The Balaban J connectivity index is 1.65. The van der Waals surface area contributed by atoms with Gasteiger partial charge >= 0.3 is 14.2 Å². The lowest BCUT2D eigenvalue weighted by atomic mass is 9.76. The Morgan fingerprint density at radius 2 is 1.48 bits per heavy atom. The Labute approximate surface area is 198 Å². The van der Waals surface area contributed by atoms with Crippen LogP contribution in [-0.4, -0.2) is 43.4 Å². The van der Waals surface area contributed by atoms with Crippen LogP contribution < -0.4 is 10.9 Å². The van der Waals surface area contributed by atoms with Crippen LogP contribution in [0.3, 0.4) is 0 Å². The molecule has 7 heteroatoms. The summed E-state index contributed by atoms with van der Waals surface area (Å²) >= 11 is 0. The zero-order chi connectivity index (χ0) is 24.2. The highest BCUT2D eigenvalue weighted by molar-refractivity contribution is 6.62. The summed E-state index contributed by atoms with van der Waals surface area (Å²) in [6, 6.07) is 11.8. The Bertz CT molecular complexity index is 1060. The minimum atomic E-state index is -0.521. The van der Waals surface area contributed by atoms with Crippen molar-refractivity contribution in [3.63, 3.8) is 0 Å². The number of benzene rings is 2. The van der Waals surface area contributed by atoms with Gasteiger partial charge in [0, 0.05) is 23.3 Å². The van der Waals surface area contributed by atoms with Crippen LogP contribution in [0.2, 0.25) is 0 Å². The third-order valence-corrected chi connectivity index (χ3v) is 7.26. The topological polar surface area (TPSA) is 54.0 Å². The van der Waals surface area contributed by atoms with Crippen molar-refractivity contribution in [2.24, 2.45) is 0 Å². The van der Waals surface area contributed by atoms with Crippen molar-refractivity contribution in [2.75, 3.05) is 6.61 Å². The van der Waals surface area contributed by atoms with Crippen molar-refractivity contribution >= 4 is 30.9 Å². The number of carbonyl (C=O) groups excluding carboxylic acids is 1. The molecule has 1 aliphatic carbocycles. The molecule has 0 atom stereocenters. The molecule has 2 aliphatic rings. The average Bonchev–Trinajstić information content (AvgIpc) is 3.16. The molecule has 0 spiro atoms. The molecular formula is C26H34B2O5. The Morgan fingerprint density at radius 3 is 2.06 bits per heavy atom. The average molecular weight is 448 g/mol. The van der Waals surface area contributed by atoms with Crippen LogP contribution in [0.25, 0.3) is 11.1 Å². The zero-order valence-corrected chi connectivity index (χ0v) is 21.1. The fourth-order valence-electron chi connectivity index (χ4n) is 4.11. The molecule has 1 heterocycles. The maximum Gasteiger partial charge on any atom is 0.494 e. The molecule has 0 radical (unpaired) electrons. The fraction of sp³-hybridized carbons (Fsp3) is 0.500. The Hall–Kier alpha value is -1.92. The van der Waals surface area contributed by atoms with E-state index in [-0.39, 0.29) is 11.4 Å². The van der Waals surface area contributed by atoms with Crippen LogP contribution in [-0.2, 0) is 18.6 Å². The summed E-state index contributed by atoms with van der Waals surface area (Å²) in [5, 5.41) is 0. The van der Waals surface area contributed by atoms with Gasteiger partial charge in [0.2, 0.25) is 0 Å². The molecule has 0 bridgehead atoms. The van der Waals surface area contributed by atoms with E-state index in [0.717, 1.165) is 28.5 Å². The van der Waals surface area contributed by atoms with E-state index in [1.165, 1.54) is 0 Å². The molecule has 0 aromatic heterocycles. The molecule has 0 unspecified atom stereocenters. The second-order valence-electron chi connectivity index (χ2n) is 10.5. The largest absolute Gasteiger partial charge is 0.494 e. The molecular weight excluding hydrogens is 414 g/mol. The summed E-state index contributed by atoms with van der Waals surface area (Å²) in [6.07, 6.45) is 0.855. The number of rotatable bonds is 7. The SMILES string of the molecule is CCOB(OC(C)(C)CC)c1ccc2c(c1)C(=O)c1cc(B3OC(C)(C)C(C)(C)O3)ccc1-2. The molecule has 1 aliphatic heterocycles. The van der Waals surface area contributed by atoms with Gasteiger partial charge in [0.1, 0.15) is 0 Å². The van der Waals surface area contributed by atoms with Gasteiger partial charge in [0.25, 0.3) is 0 Å². The monoisotopic (exact) mass is 448 g/mol. The third kappa shape index (κ3) is 4.32. The minimum absolute atomic E-state index is 0.00483. The van der Waals surface area contributed by atoms with E-state index in [2.05, 4.69) is 6.92 Å². The maximum atomic E-state index is 13.4. The Morgan fingerprint density at radius 1 is 0.909 bits per heavy atom. The predicted molar refractivity (Wildman–Crippen MR) is 133 cm³/mol. The molecule has 2 aromatic carbocycles. The van der Waals surface area contributed by atoms with Gasteiger partial charge in [-0.3, -0.25) is 4.79 Å². The molecule has 33 heavy (non-hydrogen) atoms. The molecule has 1 saturated heterocycles. The van der Waals surface area contributed by atoms with Gasteiger partial charge < -0.3 is 18.6 Å². The first-order valence-corrected chi connectivity index (χ1v) is 11.9. The van der Waals surface area contributed by atoms with Gasteiger partial charge in [-0.05, 0) is 76.9 Å². The second kappa shape index (κ2) is 8.38. The van der Waals surface area contributed by atoms with Crippen molar-refractivity contribution < 1.29 is 23.4 Å². The van der Waals surface area contributed by atoms with Crippen LogP contribution in [0.15, 0.2) is 36.4 Å². The van der Waals surface area contributed by atoms with Crippen molar-refractivity contribution in [3.05, 3.63) is 47.5 Å². The van der Waals surface area contributed by atoms with Crippen molar-refractivity contribution in [3.8, 4) is 11.1 Å². The van der Waals surface area contributed by atoms with Crippen molar-refractivity contribution in [2.45, 2.75) is 78.6 Å². The first-order chi connectivity index (χ1) is 15.4. The second-order valence-corrected chi connectivity index (χ2v) is 10.5. The molecule has 0 saturated carbocycles. The summed E-state index contributed by atoms with van der Waals surface area (Å²) < 4.78 is 24.5. The van der Waals surface area contributed by atoms with Gasteiger partial charge in [-0.2, -0.15) is 0 Å². The predicted octanol–water partition coefficient (Wildman–Crippen LogP) is 4.13. The first kappa shape index (κ1) is 24.2. The van der Waals surface area contributed by atoms with E-state index in [0.29, 0.717) is 17.7 Å². The number of hydrogen-bond donors (Lipinski definition) is 0. The lowest BCUT2D eigenvalue weighted by Gasteiger charge is -2.32. The highest BCUT2D eigenvalue weighted by Gasteiger charge is 2.52. The van der Waals surface area contributed by atoms with E-state index in [1.54, 1.807) is 0 Å². The highest BCUT2D eigenvalue weighted by atomic mass is 16.7. The quantitative estimate of drug-likeness (QED) is 0.509. The van der Waals surface area contributed by atoms with Gasteiger partial charge in [-0.15, -0.1) is 0 Å². The molecule has 0 amide bonds. The molecule has 4 rings (SSSR count). The lowest BCUT2D eigenvalue weighted by Crippen LogP contribution is -2.44. The van der Waals surface area contributed by atoms with Gasteiger partial charge in [-0.25, -0.2) is 0 Å². The lowest BCUT2D eigenvalue weighted by molar-refractivity contribution is 0.00578. The van der Waals surface area contributed by atoms with Crippen LogP contribution >= 0.6 is 0 Å². The third-order valence-electron chi connectivity index (χ3n) is 7.26. The zero-order valence-electron chi connectivity index (χ0n) is 21.1. The minimum Gasteiger partial charge on any atom is -0.408 e. The van der Waals surface area contributed by atoms with Crippen LogP contribution in [0.5, 0.6) is 0 Å². The van der Waals surface area contributed by atoms with Crippen molar-refractivity contribution in [1.82, 2.24) is 0 Å².